The Bertz CT molecular complexity index is 635. The molecule has 1 unspecified atom stereocenters. The van der Waals surface area contributed by atoms with Gasteiger partial charge in [-0.05, 0) is 25.8 Å². The van der Waals surface area contributed by atoms with Crippen molar-refractivity contribution in [1.82, 2.24) is 20.1 Å². The molecule has 0 bridgehead atoms. The van der Waals surface area contributed by atoms with Gasteiger partial charge in [-0.1, -0.05) is 0 Å². The first-order valence-electron chi connectivity index (χ1n) is 7.09. The summed E-state index contributed by atoms with van der Waals surface area (Å²) in [6.07, 6.45) is 3.84. The van der Waals surface area contributed by atoms with Crippen LogP contribution in [-0.4, -0.2) is 39.8 Å². The number of piperidine rings is 1. The molecule has 1 aliphatic heterocycles. The number of amides is 1. The number of aryl methyl sites for hydroxylation is 2. The van der Waals surface area contributed by atoms with E-state index in [1.165, 1.54) is 0 Å². The van der Waals surface area contributed by atoms with Crippen LogP contribution in [0.3, 0.4) is 0 Å². The molecule has 0 saturated carbocycles. The van der Waals surface area contributed by atoms with Gasteiger partial charge in [0.05, 0.1) is 5.69 Å². The maximum Gasteiger partial charge on any atom is 0.272 e. The molecular formula is C14H19N5OS. The van der Waals surface area contributed by atoms with Crippen LogP contribution >= 0.6 is 11.3 Å². The molecule has 2 aromatic rings. The minimum absolute atomic E-state index is 0.0993. The normalized spacial score (nSPS) is 18.8. The van der Waals surface area contributed by atoms with Gasteiger partial charge in [0.15, 0.2) is 5.13 Å². The zero-order valence-electron chi connectivity index (χ0n) is 12.2. The Morgan fingerprint density at radius 2 is 2.38 bits per heavy atom. The molecule has 1 amide bonds. The third kappa shape index (κ3) is 3.24. The Kier molecular flexibility index (Phi) is 3.92. The van der Waals surface area contributed by atoms with Crippen LogP contribution in [0.1, 0.15) is 29.0 Å². The number of nitrogens with one attached hydrogen (secondary N) is 1. The number of carbonyl (C=O) groups is 1. The van der Waals surface area contributed by atoms with Crippen molar-refractivity contribution >= 4 is 22.4 Å². The van der Waals surface area contributed by atoms with Crippen LogP contribution in [0.4, 0.5) is 5.13 Å². The number of thiazole rings is 1. The summed E-state index contributed by atoms with van der Waals surface area (Å²) in [7, 11) is 1.81. The highest BCUT2D eigenvalue weighted by atomic mass is 32.1. The van der Waals surface area contributed by atoms with Crippen molar-refractivity contribution in [3.63, 3.8) is 0 Å². The van der Waals surface area contributed by atoms with Crippen molar-refractivity contribution in [2.45, 2.75) is 25.8 Å². The van der Waals surface area contributed by atoms with Gasteiger partial charge in [0.1, 0.15) is 5.69 Å². The maximum atomic E-state index is 12.2. The highest BCUT2D eigenvalue weighted by Gasteiger charge is 2.24. The largest absolute Gasteiger partial charge is 0.346 e. The van der Waals surface area contributed by atoms with Crippen molar-refractivity contribution in [2.24, 2.45) is 7.05 Å². The van der Waals surface area contributed by atoms with Gasteiger partial charge < -0.3 is 10.2 Å². The van der Waals surface area contributed by atoms with Gasteiger partial charge in [-0.2, -0.15) is 5.10 Å². The molecule has 1 atom stereocenters. The van der Waals surface area contributed by atoms with Crippen molar-refractivity contribution < 1.29 is 4.79 Å². The zero-order chi connectivity index (χ0) is 14.8. The van der Waals surface area contributed by atoms with Gasteiger partial charge in [-0.25, -0.2) is 4.98 Å². The minimum Gasteiger partial charge on any atom is -0.346 e. The van der Waals surface area contributed by atoms with Crippen molar-refractivity contribution in [1.29, 1.82) is 0 Å². The molecule has 3 heterocycles. The molecule has 1 fully saturated rings. The Hall–Kier alpha value is -1.89. The fraction of sp³-hybridized carbons (Fsp3) is 0.500. The van der Waals surface area contributed by atoms with Gasteiger partial charge >= 0.3 is 0 Å². The monoisotopic (exact) mass is 305 g/mol. The van der Waals surface area contributed by atoms with E-state index in [-0.39, 0.29) is 11.9 Å². The third-order valence-corrected chi connectivity index (χ3v) is 4.60. The Balaban J connectivity index is 1.62. The molecule has 2 aromatic heterocycles. The fourth-order valence-corrected chi connectivity index (χ4v) is 3.39. The smallest absolute Gasteiger partial charge is 0.272 e. The van der Waals surface area contributed by atoms with E-state index in [4.69, 9.17) is 0 Å². The number of anilines is 1. The number of hydrogen-bond donors (Lipinski definition) is 1. The van der Waals surface area contributed by atoms with E-state index in [0.717, 1.165) is 36.8 Å². The number of hydrogen-bond acceptors (Lipinski definition) is 5. The second kappa shape index (κ2) is 5.85. The topological polar surface area (TPSA) is 63.1 Å². The van der Waals surface area contributed by atoms with E-state index in [1.54, 1.807) is 28.3 Å². The van der Waals surface area contributed by atoms with Crippen molar-refractivity contribution in [2.75, 3.05) is 18.0 Å². The molecule has 1 N–H and O–H groups in total. The summed E-state index contributed by atoms with van der Waals surface area (Å²) in [6.45, 7) is 3.82. The van der Waals surface area contributed by atoms with E-state index in [0.29, 0.717) is 5.69 Å². The second-order valence-corrected chi connectivity index (χ2v) is 6.24. The number of carbonyl (C=O) groups excluding carboxylic acids is 1. The van der Waals surface area contributed by atoms with Gasteiger partial charge in [0.25, 0.3) is 5.91 Å². The van der Waals surface area contributed by atoms with E-state index in [1.807, 2.05) is 14.0 Å². The van der Waals surface area contributed by atoms with Gasteiger partial charge in [0.2, 0.25) is 0 Å². The molecule has 112 valence electrons. The summed E-state index contributed by atoms with van der Waals surface area (Å²) < 4.78 is 1.64. The van der Waals surface area contributed by atoms with Crippen molar-refractivity contribution in [3.8, 4) is 0 Å². The Morgan fingerprint density at radius 1 is 1.52 bits per heavy atom. The molecule has 6 nitrogen and oxygen atoms in total. The van der Waals surface area contributed by atoms with Crippen LogP contribution in [0.2, 0.25) is 0 Å². The first kappa shape index (κ1) is 14.1. The van der Waals surface area contributed by atoms with E-state index in [9.17, 15) is 4.79 Å². The minimum atomic E-state index is -0.0993. The summed E-state index contributed by atoms with van der Waals surface area (Å²) in [5.41, 5.74) is 1.52. The molecule has 0 radical (unpaired) electrons. The highest BCUT2D eigenvalue weighted by molar-refractivity contribution is 7.13. The quantitative estimate of drug-likeness (QED) is 0.935. The van der Waals surface area contributed by atoms with Gasteiger partial charge in [-0.15, -0.1) is 11.3 Å². The molecule has 0 aliphatic carbocycles. The van der Waals surface area contributed by atoms with Gasteiger partial charge in [0, 0.05) is 37.8 Å². The molecule has 1 saturated heterocycles. The lowest BCUT2D eigenvalue weighted by atomic mass is 10.1. The van der Waals surface area contributed by atoms with Crippen LogP contribution in [0, 0.1) is 6.92 Å². The van der Waals surface area contributed by atoms with E-state index >= 15 is 0 Å². The molecule has 0 spiro atoms. The predicted molar refractivity (Wildman–Crippen MR) is 82.8 cm³/mol. The molecule has 7 heteroatoms. The second-order valence-electron chi connectivity index (χ2n) is 5.40. The van der Waals surface area contributed by atoms with E-state index < -0.39 is 0 Å². The van der Waals surface area contributed by atoms with Crippen LogP contribution in [-0.2, 0) is 7.05 Å². The van der Waals surface area contributed by atoms with Gasteiger partial charge in [-0.3, -0.25) is 9.48 Å². The first-order valence-corrected chi connectivity index (χ1v) is 7.97. The Labute approximate surface area is 127 Å². The van der Waals surface area contributed by atoms with Crippen LogP contribution < -0.4 is 10.2 Å². The summed E-state index contributed by atoms with van der Waals surface area (Å²) in [6, 6.07) is 1.89. The zero-order valence-corrected chi connectivity index (χ0v) is 13.1. The molecule has 21 heavy (non-hydrogen) atoms. The summed E-state index contributed by atoms with van der Waals surface area (Å²) in [4.78, 5) is 18.9. The molecule has 0 aromatic carbocycles. The summed E-state index contributed by atoms with van der Waals surface area (Å²) >= 11 is 1.66. The highest BCUT2D eigenvalue weighted by Crippen LogP contribution is 2.23. The average molecular weight is 305 g/mol. The summed E-state index contributed by atoms with van der Waals surface area (Å²) in [5, 5.41) is 10.3. The maximum absolute atomic E-state index is 12.2. The van der Waals surface area contributed by atoms with Crippen LogP contribution in [0.25, 0.3) is 0 Å². The molecule has 3 rings (SSSR count). The molecular weight excluding hydrogens is 286 g/mol. The third-order valence-electron chi connectivity index (χ3n) is 3.58. The predicted octanol–water partition coefficient (Wildman–Crippen LogP) is 1.58. The lowest BCUT2D eigenvalue weighted by molar-refractivity contribution is 0.0927. The number of rotatable bonds is 3. The standard InChI is InChI=1S/C14H19N5OS/c1-10-9-21-14(15-10)19-6-3-4-11(8-19)16-13(20)12-5-7-18(2)17-12/h5,7,9,11H,3-4,6,8H2,1-2H3,(H,16,20). The summed E-state index contributed by atoms with van der Waals surface area (Å²) in [5.74, 6) is -0.0993. The van der Waals surface area contributed by atoms with E-state index in [2.05, 4.69) is 25.7 Å². The lowest BCUT2D eigenvalue weighted by Gasteiger charge is -2.32. The Morgan fingerprint density at radius 3 is 3.05 bits per heavy atom. The fourth-order valence-electron chi connectivity index (χ4n) is 2.55. The first-order chi connectivity index (χ1) is 10.1. The van der Waals surface area contributed by atoms with Crippen LogP contribution in [0.15, 0.2) is 17.6 Å². The van der Waals surface area contributed by atoms with Crippen molar-refractivity contribution in [3.05, 3.63) is 29.0 Å². The van der Waals surface area contributed by atoms with Crippen LogP contribution in [0.5, 0.6) is 0 Å². The number of aromatic nitrogens is 3. The lowest BCUT2D eigenvalue weighted by Crippen LogP contribution is -2.48. The molecule has 1 aliphatic rings. The average Bonchev–Trinajstić information content (AvgIpc) is 3.08. The SMILES string of the molecule is Cc1csc(N2CCCC(NC(=O)c3ccn(C)n3)C2)n1. The number of nitrogens with zero attached hydrogens (tertiary/aromatic N) is 4.